The van der Waals surface area contributed by atoms with Crippen LogP contribution in [0.4, 0.5) is 5.69 Å². The highest BCUT2D eigenvalue weighted by atomic mass is 16.4. The van der Waals surface area contributed by atoms with Crippen LogP contribution in [0, 0.1) is 13.8 Å². The molecular formula is C21H23NO2. The van der Waals surface area contributed by atoms with E-state index in [2.05, 4.69) is 49.5 Å². The molecular weight excluding hydrogens is 298 g/mol. The van der Waals surface area contributed by atoms with Gasteiger partial charge in [0, 0.05) is 23.7 Å². The van der Waals surface area contributed by atoms with Crippen molar-refractivity contribution in [3.05, 3.63) is 75.1 Å². The lowest BCUT2D eigenvalue weighted by molar-refractivity contribution is 0.559. The van der Waals surface area contributed by atoms with Crippen LogP contribution in [0.3, 0.4) is 0 Å². The van der Waals surface area contributed by atoms with Gasteiger partial charge in [-0.15, -0.1) is 0 Å². The lowest BCUT2D eigenvalue weighted by atomic mass is 10.0. The van der Waals surface area contributed by atoms with Crippen molar-refractivity contribution in [2.24, 2.45) is 0 Å². The van der Waals surface area contributed by atoms with E-state index in [-0.39, 0.29) is 5.63 Å². The molecule has 1 aromatic heterocycles. The first kappa shape index (κ1) is 16.3. The Labute approximate surface area is 142 Å². The molecule has 3 nitrogen and oxygen atoms in total. The summed E-state index contributed by atoms with van der Waals surface area (Å²) in [5.74, 6) is 0. The van der Waals surface area contributed by atoms with Gasteiger partial charge in [0.2, 0.25) is 0 Å². The number of nitrogens with one attached hydrogen (secondary N) is 1. The standard InChI is InChI=1S/C21H23NO2/c1-4-5-16-6-8-18(9-7-16)22-13-17-12-21(23)24-20-11-15(3)14(2)10-19(17)20/h6-12,22H,4-5,13H2,1-3H3. The lowest BCUT2D eigenvalue weighted by Crippen LogP contribution is -2.06. The second-order valence-electron chi connectivity index (χ2n) is 6.32. The molecule has 0 radical (unpaired) electrons. The average Bonchev–Trinajstić information content (AvgIpc) is 2.56. The molecule has 0 fully saturated rings. The van der Waals surface area contributed by atoms with Crippen molar-refractivity contribution in [3.63, 3.8) is 0 Å². The molecule has 1 heterocycles. The van der Waals surface area contributed by atoms with Crippen LogP contribution in [0.15, 0.2) is 51.7 Å². The van der Waals surface area contributed by atoms with E-state index in [1.807, 2.05) is 13.0 Å². The van der Waals surface area contributed by atoms with Crippen LogP contribution in [0.5, 0.6) is 0 Å². The summed E-state index contributed by atoms with van der Waals surface area (Å²) in [5.41, 5.74) is 6.03. The first-order chi connectivity index (χ1) is 11.6. The Morgan fingerprint density at radius 3 is 2.42 bits per heavy atom. The third kappa shape index (κ3) is 3.51. The Hall–Kier alpha value is -2.55. The Morgan fingerprint density at radius 2 is 1.71 bits per heavy atom. The summed E-state index contributed by atoms with van der Waals surface area (Å²) in [6.45, 7) is 6.88. The smallest absolute Gasteiger partial charge is 0.336 e. The number of hydrogen-bond donors (Lipinski definition) is 1. The molecule has 124 valence electrons. The van der Waals surface area contributed by atoms with Gasteiger partial charge in [-0.25, -0.2) is 4.79 Å². The second-order valence-corrected chi connectivity index (χ2v) is 6.32. The molecule has 0 aliphatic carbocycles. The molecule has 0 saturated heterocycles. The van der Waals surface area contributed by atoms with Gasteiger partial charge in [0.1, 0.15) is 5.58 Å². The minimum absolute atomic E-state index is 0.305. The van der Waals surface area contributed by atoms with E-state index in [1.54, 1.807) is 6.07 Å². The zero-order chi connectivity index (χ0) is 17.1. The predicted molar refractivity (Wildman–Crippen MR) is 99.7 cm³/mol. The van der Waals surface area contributed by atoms with Crippen LogP contribution in [0.2, 0.25) is 0 Å². The van der Waals surface area contributed by atoms with Gasteiger partial charge in [0.25, 0.3) is 0 Å². The predicted octanol–water partition coefficient (Wildman–Crippen LogP) is 4.97. The molecule has 0 unspecified atom stereocenters. The topological polar surface area (TPSA) is 42.2 Å². The summed E-state index contributed by atoms with van der Waals surface area (Å²) in [4.78, 5) is 11.8. The van der Waals surface area contributed by atoms with E-state index in [9.17, 15) is 4.79 Å². The summed E-state index contributed by atoms with van der Waals surface area (Å²) in [5, 5.41) is 4.40. The number of anilines is 1. The first-order valence-electron chi connectivity index (χ1n) is 8.43. The summed E-state index contributed by atoms with van der Waals surface area (Å²) < 4.78 is 5.35. The number of hydrogen-bond acceptors (Lipinski definition) is 3. The van der Waals surface area contributed by atoms with E-state index in [4.69, 9.17) is 4.42 Å². The van der Waals surface area contributed by atoms with Crippen molar-refractivity contribution in [3.8, 4) is 0 Å². The maximum atomic E-state index is 11.8. The molecule has 0 aliphatic heterocycles. The molecule has 0 spiro atoms. The molecule has 0 bridgehead atoms. The molecule has 0 atom stereocenters. The van der Waals surface area contributed by atoms with Crippen LogP contribution in [-0.4, -0.2) is 0 Å². The quantitative estimate of drug-likeness (QED) is 0.674. The molecule has 3 heteroatoms. The van der Waals surface area contributed by atoms with Crippen LogP contribution in [0.25, 0.3) is 11.0 Å². The van der Waals surface area contributed by atoms with Gasteiger partial charge in [-0.05, 0) is 66.8 Å². The van der Waals surface area contributed by atoms with Crippen molar-refractivity contribution in [2.75, 3.05) is 5.32 Å². The number of rotatable bonds is 5. The highest BCUT2D eigenvalue weighted by Crippen LogP contribution is 2.22. The maximum absolute atomic E-state index is 11.8. The number of benzene rings is 2. The highest BCUT2D eigenvalue weighted by molar-refractivity contribution is 5.82. The van der Waals surface area contributed by atoms with Crippen molar-refractivity contribution >= 4 is 16.7 Å². The molecule has 3 rings (SSSR count). The van der Waals surface area contributed by atoms with Gasteiger partial charge in [0.15, 0.2) is 0 Å². The molecule has 1 N–H and O–H groups in total. The van der Waals surface area contributed by atoms with Crippen LogP contribution in [-0.2, 0) is 13.0 Å². The fourth-order valence-electron chi connectivity index (χ4n) is 2.90. The van der Waals surface area contributed by atoms with Gasteiger partial charge < -0.3 is 9.73 Å². The largest absolute Gasteiger partial charge is 0.423 e. The van der Waals surface area contributed by atoms with E-state index in [0.717, 1.165) is 35.0 Å². The number of fused-ring (bicyclic) bond motifs is 1. The van der Waals surface area contributed by atoms with Crippen molar-refractivity contribution in [1.29, 1.82) is 0 Å². The Kier molecular flexibility index (Phi) is 4.70. The minimum atomic E-state index is -0.305. The van der Waals surface area contributed by atoms with Crippen molar-refractivity contribution < 1.29 is 4.42 Å². The van der Waals surface area contributed by atoms with Gasteiger partial charge >= 0.3 is 5.63 Å². The monoisotopic (exact) mass is 321 g/mol. The van der Waals surface area contributed by atoms with Crippen LogP contribution in [0.1, 0.15) is 35.6 Å². The lowest BCUT2D eigenvalue weighted by Gasteiger charge is -2.11. The summed E-state index contributed by atoms with van der Waals surface area (Å²) >= 11 is 0. The average molecular weight is 321 g/mol. The third-order valence-corrected chi connectivity index (χ3v) is 4.42. The molecule has 2 aromatic carbocycles. The first-order valence-corrected chi connectivity index (χ1v) is 8.43. The molecule has 24 heavy (non-hydrogen) atoms. The van der Waals surface area contributed by atoms with E-state index in [0.29, 0.717) is 12.1 Å². The summed E-state index contributed by atoms with van der Waals surface area (Å²) in [7, 11) is 0. The SMILES string of the molecule is CCCc1ccc(NCc2cc(=O)oc3cc(C)c(C)cc23)cc1. The molecule has 0 amide bonds. The zero-order valence-corrected chi connectivity index (χ0v) is 14.5. The van der Waals surface area contributed by atoms with Crippen molar-refractivity contribution in [1.82, 2.24) is 0 Å². The fourth-order valence-corrected chi connectivity index (χ4v) is 2.90. The minimum Gasteiger partial charge on any atom is -0.423 e. The Morgan fingerprint density at radius 1 is 1.00 bits per heavy atom. The Bertz CT molecular complexity index is 908. The van der Waals surface area contributed by atoms with Crippen molar-refractivity contribution in [2.45, 2.75) is 40.2 Å². The van der Waals surface area contributed by atoms with E-state index >= 15 is 0 Å². The fraction of sp³-hybridized carbons (Fsp3) is 0.286. The van der Waals surface area contributed by atoms with Gasteiger partial charge in [-0.2, -0.15) is 0 Å². The normalized spacial score (nSPS) is 11.0. The van der Waals surface area contributed by atoms with Gasteiger partial charge in [0.05, 0.1) is 0 Å². The summed E-state index contributed by atoms with van der Waals surface area (Å²) in [6, 6.07) is 14.1. The van der Waals surface area contributed by atoms with Crippen LogP contribution >= 0.6 is 0 Å². The van der Waals surface area contributed by atoms with Gasteiger partial charge in [-0.1, -0.05) is 25.5 Å². The maximum Gasteiger partial charge on any atom is 0.336 e. The molecule has 0 saturated carbocycles. The highest BCUT2D eigenvalue weighted by Gasteiger charge is 2.08. The third-order valence-electron chi connectivity index (χ3n) is 4.42. The zero-order valence-electron chi connectivity index (χ0n) is 14.5. The second kappa shape index (κ2) is 6.91. The van der Waals surface area contributed by atoms with Crippen LogP contribution < -0.4 is 10.9 Å². The Balaban J connectivity index is 1.86. The van der Waals surface area contributed by atoms with E-state index in [1.165, 1.54) is 11.1 Å². The number of aryl methyl sites for hydroxylation is 3. The summed E-state index contributed by atoms with van der Waals surface area (Å²) in [6.07, 6.45) is 2.25. The van der Waals surface area contributed by atoms with E-state index < -0.39 is 0 Å². The molecule has 3 aromatic rings. The molecule has 0 aliphatic rings. The van der Waals surface area contributed by atoms with Gasteiger partial charge in [-0.3, -0.25) is 0 Å².